The number of nitrogens with zero attached hydrogens (tertiary/aromatic N) is 2. The Kier molecular flexibility index (Phi) is 2.69. The van der Waals surface area contributed by atoms with Gasteiger partial charge in [0, 0.05) is 0 Å². The molecule has 78 valence electrons. The molecule has 0 amide bonds. The van der Waals surface area contributed by atoms with E-state index < -0.39 is 5.97 Å². The third kappa shape index (κ3) is 2.00. The van der Waals surface area contributed by atoms with Gasteiger partial charge < -0.3 is 10.1 Å². The topological polar surface area (TPSA) is 94.7 Å². The number of aromatic amines is 2. The summed E-state index contributed by atoms with van der Waals surface area (Å²) in [6.45, 7) is 0. The van der Waals surface area contributed by atoms with E-state index in [0.29, 0.717) is 20.7 Å². The second kappa shape index (κ2) is 3.99. The summed E-state index contributed by atoms with van der Waals surface area (Å²) < 4.78 is 0.436. The number of imidazole rings is 1. The highest BCUT2D eigenvalue weighted by Crippen LogP contribution is 2.22. The van der Waals surface area contributed by atoms with Crippen LogP contribution in [0.3, 0.4) is 0 Å². The van der Waals surface area contributed by atoms with Crippen molar-refractivity contribution in [2.75, 3.05) is 5.75 Å². The molecule has 0 spiro atoms. The molecule has 0 aliphatic carbocycles. The van der Waals surface area contributed by atoms with Gasteiger partial charge in [0.1, 0.15) is 20.7 Å². The number of carboxylic acid groups (broad SMARTS) is 1. The lowest BCUT2D eigenvalue weighted by Crippen LogP contribution is -1.99. The van der Waals surface area contributed by atoms with Crippen LogP contribution in [0, 0.1) is 4.64 Å². The van der Waals surface area contributed by atoms with Gasteiger partial charge in [-0.1, -0.05) is 24.0 Å². The molecule has 0 aliphatic heterocycles. The molecular weight excluding hydrogens is 236 g/mol. The van der Waals surface area contributed by atoms with E-state index in [9.17, 15) is 4.79 Å². The van der Waals surface area contributed by atoms with Gasteiger partial charge in [0.15, 0.2) is 0 Å². The first-order valence-electron chi connectivity index (χ1n) is 3.95. The number of thioether (sulfide) groups is 1. The van der Waals surface area contributed by atoms with E-state index >= 15 is 0 Å². The molecule has 0 aromatic carbocycles. The second-order valence-corrected chi connectivity index (χ2v) is 4.04. The Bertz CT molecular complexity index is 561. The van der Waals surface area contributed by atoms with Gasteiger partial charge in [-0.2, -0.15) is 5.10 Å². The van der Waals surface area contributed by atoms with Crippen LogP contribution in [0.4, 0.5) is 0 Å². The molecule has 0 radical (unpaired) electrons. The maximum Gasteiger partial charge on any atom is 0.313 e. The monoisotopic (exact) mass is 242 g/mol. The van der Waals surface area contributed by atoms with Gasteiger partial charge in [0.25, 0.3) is 0 Å². The van der Waals surface area contributed by atoms with Crippen molar-refractivity contribution in [3.05, 3.63) is 11.0 Å². The normalized spacial score (nSPS) is 10.7. The zero-order valence-electron chi connectivity index (χ0n) is 7.35. The summed E-state index contributed by atoms with van der Waals surface area (Å²) in [5.41, 5.74) is 1.28. The summed E-state index contributed by atoms with van der Waals surface area (Å²) in [5.74, 6) is -0.942. The van der Waals surface area contributed by atoms with Gasteiger partial charge in [-0.05, 0) is 0 Å². The van der Waals surface area contributed by atoms with Crippen molar-refractivity contribution in [3.63, 3.8) is 0 Å². The number of nitrogens with one attached hydrogen (secondary N) is 2. The molecule has 0 fully saturated rings. The van der Waals surface area contributed by atoms with Crippen LogP contribution in [-0.2, 0) is 4.79 Å². The maximum absolute atomic E-state index is 10.4. The maximum atomic E-state index is 10.4. The van der Waals surface area contributed by atoms with E-state index in [0.717, 1.165) is 11.8 Å². The molecule has 0 saturated heterocycles. The van der Waals surface area contributed by atoms with E-state index in [1.807, 2.05) is 0 Å². The third-order valence-corrected chi connectivity index (χ3v) is 2.90. The van der Waals surface area contributed by atoms with E-state index in [1.54, 1.807) is 0 Å². The number of carbonyl (C=O) groups is 1. The van der Waals surface area contributed by atoms with Crippen LogP contribution in [0.5, 0.6) is 0 Å². The van der Waals surface area contributed by atoms with Gasteiger partial charge in [-0.15, -0.1) is 0 Å². The number of aliphatic carboxylic acids is 1. The fourth-order valence-corrected chi connectivity index (χ4v) is 1.95. The average Bonchev–Trinajstić information content (AvgIpc) is 2.66. The fourth-order valence-electron chi connectivity index (χ4n) is 1.07. The second-order valence-electron chi connectivity index (χ2n) is 2.67. The van der Waals surface area contributed by atoms with Crippen molar-refractivity contribution in [3.8, 4) is 0 Å². The third-order valence-electron chi connectivity index (χ3n) is 1.66. The first-order chi connectivity index (χ1) is 7.18. The molecule has 0 saturated carbocycles. The SMILES string of the molecule is O=C(O)CSc1n[nH]c(=S)c2nc[nH]c12. The highest BCUT2D eigenvalue weighted by Gasteiger charge is 2.09. The highest BCUT2D eigenvalue weighted by atomic mass is 32.2. The lowest BCUT2D eigenvalue weighted by molar-refractivity contribution is -0.133. The zero-order valence-corrected chi connectivity index (χ0v) is 8.98. The molecule has 0 unspecified atom stereocenters. The van der Waals surface area contributed by atoms with Gasteiger partial charge in [0.05, 0.1) is 12.1 Å². The summed E-state index contributed by atoms with van der Waals surface area (Å²) in [6, 6.07) is 0. The summed E-state index contributed by atoms with van der Waals surface area (Å²) in [4.78, 5) is 17.3. The van der Waals surface area contributed by atoms with E-state index in [2.05, 4.69) is 20.2 Å². The van der Waals surface area contributed by atoms with E-state index in [4.69, 9.17) is 17.3 Å². The number of hydrogen-bond acceptors (Lipinski definition) is 5. The van der Waals surface area contributed by atoms with Crippen LogP contribution >= 0.6 is 24.0 Å². The average molecular weight is 242 g/mol. The van der Waals surface area contributed by atoms with Crippen LogP contribution in [-0.4, -0.2) is 37.0 Å². The molecule has 2 aromatic heterocycles. The Morgan fingerprint density at radius 1 is 1.67 bits per heavy atom. The van der Waals surface area contributed by atoms with Gasteiger partial charge >= 0.3 is 5.97 Å². The smallest absolute Gasteiger partial charge is 0.313 e. The molecule has 2 aromatic rings. The number of fused-ring (bicyclic) bond motifs is 1. The molecule has 0 aliphatic rings. The Hall–Kier alpha value is -1.41. The molecule has 0 atom stereocenters. The Morgan fingerprint density at radius 3 is 3.20 bits per heavy atom. The van der Waals surface area contributed by atoms with Crippen LogP contribution in [0.25, 0.3) is 11.0 Å². The Morgan fingerprint density at radius 2 is 2.47 bits per heavy atom. The van der Waals surface area contributed by atoms with Crippen LogP contribution < -0.4 is 0 Å². The van der Waals surface area contributed by atoms with Crippen molar-refractivity contribution in [2.45, 2.75) is 5.03 Å². The number of aromatic nitrogens is 4. The summed E-state index contributed by atoms with van der Waals surface area (Å²) in [6.07, 6.45) is 1.50. The first-order valence-corrected chi connectivity index (χ1v) is 5.34. The summed E-state index contributed by atoms with van der Waals surface area (Å²) >= 11 is 6.09. The molecule has 0 bridgehead atoms. The first kappa shape index (κ1) is 10.1. The van der Waals surface area contributed by atoms with Crippen LogP contribution in [0.2, 0.25) is 0 Å². The van der Waals surface area contributed by atoms with Gasteiger partial charge in [-0.25, -0.2) is 4.98 Å². The molecule has 2 rings (SSSR count). The van der Waals surface area contributed by atoms with Crippen LogP contribution in [0.15, 0.2) is 11.4 Å². The van der Waals surface area contributed by atoms with Gasteiger partial charge in [0.2, 0.25) is 0 Å². The van der Waals surface area contributed by atoms with Crippen molar-refractivity contribution >= 4 is 41.0 Å². The lowest BCUT2D eigenvalue weighted by atomic mass is 10.5. The molecule has 15 heavy (non-hydrogen) atoms. The van der Waals surface area contributed by atoms with Crippen LogP contribution in [0.1, 0.15) is 0 Å². The standard InChI is InChI=1S/C7H6N4O2S2/c12-3(13)1-15-7-5-4(8-2-9-5)6(14)10-11-7/h2H,1H2,(H,8,9)(H,10,14)(H,12,13). The predicted molar refractivity (Wildman–Crippen MR) is 57.4 cm³/mol. The zero-order chi connectivity index (χ0) is 10.8. The minimum absolute atomic E-state index is 0.0499. The Labute approximate surface area is 93.1 Å². The molecular formula is C7H6N4O2S2. The van der Waals surface area contributed by atoms with Crippen molar-refractivity contribution in [2.24, 2.45) is 0 Å². The fraction of sp³-hybridized carbons (Fsp3) is 0.143. The van der Waals surface area contributed by atoms with Crippen molar-refractivity contribution < 1.29 is 9.90 Å². The summed E-state index contributed by atoms with van der Waals surface area (Å²) in [7, 11) is 0. The number of hydrogen-bond donors (Lipinski definition) is 3. The predicted octanol–water partition coefficient (Wildman–Crippen LogP) is 1.19. The molecule has 3 N–H and O–H groups in total. The molecule has 2 heterocycles. The molecule has 8 heteroatoms. The number of carboxylic acids is 1. The largest absolute Gasteiger partial charge is 0.481 e. The number of rotatable bonds is 3. The summed E-state index contributed by atoms with van der Waals surface area (Å²) in [5, 5.41) is 15.7. The van der Waals surface area contributed by atoms with E-state index in [-0.39, 0.29) is 5.75 Å². The van der Waals surface area contributed by atoms with Gasteiger partial charge in [-0.3, -0.25) is 9.89 Å². The number of H-pyrrole nitrogens is 2. The van der Waals surface area contributed by atoms with E-state index in [1.165, 1.54) is 6.33 Å². The molecule has 6 nitrogen and oxygen atoms in total. The quantitative estimate of drug-likeness (QED) is 0.553. The lowest BCUT2D eigenvalue weighted by Gasteiger charge is -1.98. The van der Waals surface area contributed by atoms with Crippen molar-refractivity contribution in [1.29, 1.82) is 0 Å². The highest BCUT2D eigenvalue weighted by molar-refractivity contribution is 8.00. The van der Waals surface area contributed by atoms with Crippen molar-refractivity contribution in [1.82, 2.24) is 20.2 Å². The minimum Gasteiger partial charge on any atom is -0.481 e. The Balaban J connectivity index is 2.43. The minimum atomic E-state index is -0.892.